The number of methoxy groups -OCH3 is 1. The molecule has 2 atom stereocenters. The van der Waals surface area contributed by atoms with Gasteiger partial charge in [-0.1, -0.05) is 60.7 Å². The summed E-state index contributed by atoms with van der Waals surface area (Å²) >= 11 is 0. The first-order valence-electron chi connectivity index (χ1n) is 8.70. The van der Waals surface area contributed by atoms with Gasteiger partial charge in [-0.15, -0.1) is 0 Å². The molecule has 1 aliphatic rings. The van der Waals surface area contributed by atoms with E-state index in [4.69, 9.17) is 0 Å². The number of halogens is 1. The number of esters is 1. The van der Waals surface area contributed by atoms with E-state index in [-0.39, 0.29) is 18.9 Å². The molecule has 4 heteroatoms. The Kier molecular flexibility index (Phi) is 5.49. The molecule has 0 N–H and O–H groups in total. The Morgan fingerprint density at radius 1 is 1.08 bits per heavy atom. The van der Waals surface area contributed by atoms with Gasteiger partial charge in [-0.25, -0.2) is 9.18 Å². The summed E-state index contributed by atoms with van der Waals surface area (Å²) in [5, 5.41) is 0. The smallest absolute Gasteiger partial charge is 0.343 e. The van der Waals surface area contributed by atoms with Gasteiger partial charge in [0, 0.05) is 25.6 Å². The van der Waals surface area contributed by atoms with Gasteiger partial charge in [-0.2, -0.15) is 0 Å². The molecule has 0 bridgehead atoms. The highest BCUT2D eigenvalue weighted by Crippen LogP contribution is 2.38. The summed E-state index contributed by atoms with van der Waals surface area (Å²) in [6.07, 6.45) is 1.08. The Morgan fingerprint density at radius 2 is 1.60 bits per heavy atom. The first kappa shape index (κ1) is 17.6. The summed E-state index contributed by atoms with van der Waals surface area (Å²) < 4.78 is 19.6. The van der Waals surface area contributed by atoms with E-state index >= 15 is 0 Å². The lowest BCUT2D eigenvalue weighted by Crippen LogP contribution is -2.37. The van der Waals surface area contributed by atoms with Gasteiger partial charge in [0.1, 0.15) is 0 Å². The van der Waals surface area contributed by atoms with Crippen LogP contribution in [-0.4, -0.2) is 29.7 Å². The van der Waals surface area contributed by atoms with E-state index in [0.29, 0.717) is 6.42 Å². The van der Waals surface area contributed by atoms with Gasteiger partial charge < -0.3 is 4.74 Å². The van der Waals surface area contributed by atoms with Crippen molar-refractivity contribution in [1.82, 2.24) is 4.90 Å². The summed E-state index contributed by atoms with van der Waals surface area (Å²) in [4.78, 5) is 14.1. The third kappa shape index (κ3) is 4.26. The van der Waals surface area contributed by atoms with Crippen LogP contribution < -0.4 is 0 Å². The molecule has 0 aliphatic heterocycles. The van der Waals surface area contributed by atoms with Crippen molar-refractivity contribution in [2.75, 3.05) is 7.11 Å². The van der Waals surface area contributed by atoms with Gasteiger partial charge in [0.15, 0.2) is 0 Å². The normalized spacial score (nSPS) is 22.9. The minimum atomic E-state index is -1.86. The fourth-order valence-electron chi connectivity index (χ4n) is 3.60. The third-order valence-electron chi connectivity index (χ3n) is 4.96. The number of nitrogens with zero attached hydrogens (tertiary/aromatic N) is 1. The van der Waals surface area contributed by atoms with Gasteiger partial charge in [-0.05, 0) is 24.0 Å². The maximum Gasteiger partial charge on any atom is 0.343 e. The Labute approximate surface area is 148 Å². The molecular formula is C21H24FNO2. The maximum absolute atomic E-state index is 14.9. The number of carbonyl (C=O) groups excluding carboxylic acids is 1. The van der Waals surface area contributed by atoms with Crippen molar-refractivity contribution < 1.29 is 13.9 Å². The second-order valence-corrected chi connectivity index (χ2v) is 6.73. The Morgan fingerprint density at radius 3 is 2.08 bits per heavy atom. The van der Waals surface area contributed by atoms with E-state index in [1.165, 1.54) is 18.2 Å². The zero-order valence-corrected chi connectivity index (χ0v) is 14.5. The molecule has 2 aromatic carbocycles. The zero-order valence-electron chi connectivity index (χ0n) is 14.5. The highest BCUT2D eigenvalue weighted by Gasteiger charge is 2.48. The Balaban J connectivity index is 1.78. The number of ether oxygens (including phenoxy) is 1. The molecule has 1 fully saturated rings. The van der Waals surface area contributed by atoms with Gasteiger partial charge in [0.25, 0.3) is 0 Å². The first-order chi connectivity index (χ1) is 12.1. The van der Waals surface area contributed by atoms with Crippen LogP contribution in [0.15, 0.2) is 60.7 Å². The summed E-state index contributed by atoms with van der Waals surface area (Å²) in [6, 6.07) is 20.4. The molecule has 0 heterocycles. The fraction of sp³-hybridized carbons (Fsp3) is 0.381. The van der Waals surface area contributed by atoms with Crippen LogP contribution in [-0.2, 0) is 22.6 Å². The van der Waals surface area contributed by atoms with Crippen molar-refractivity contribution in [2.45, 2.75) is 44.1 Å². The second-order valence-electron chi connectivity index (χ2n) is 6.73. The second kappa shape index (κ2) is 7.79. The predicted molar refractivity (Wildman–Crippen MR) is 95.6 cm³/mol. The molecule has 3 rings (SSSR count). The average Bonchev–Trinajstić information content (AvgIpc) is 3.06. The van der Waals surface area contributed by atoms with E-state index in [1.54, 1.807) is 0 Å². The minimum Gasteiger partial charge on any atom is -0.467 e. The fourth-order valence-corrected chi connectivity index (χ4v) is 3.60. The van der Waals surface area contributed by atoms with Crippen LogP contribution in [0.2, 0.25) is 0 Å². The molecule has 3 nitrogen and oxygen atoms in total. The first-order valence-corrected chi connectivity index (χ1v) is 8.70. The minimum absolute atomic E-state index is 0.0181. The largest absolute Gasteiger partial charge is 0.467 e. The quantitative estimate of drug-likeness (QED) is 0.740. The average molecular weight is 341 g/mol. The predicted octanol–water partition coefficient (Wildman–Crippen LogP) is 4.12. The van der Waals surface area contributed by atoms with E-state index in [1.807, 2.05) is 36.4 Å². The van der Waals surface area contributed by atoms with E-state index in [9.17, 15) is 9.18 Å². The van der Waals surface area contributed by atoms with Crippen LogP contribution in [0.1, 0.15) is 30.4 Å². The van der Waals surface area contributed by atoms with Gasteiger partial charge in [0.05, 0.1) is 7.11 Å². The van der Waals surface area contributed by atoms with E-state index in [0.717, 1.165) is 13.1 Å². The highest BCUT2D eigenvalue weighted by molar-refractivity contribution is 5.79. The maximum atomic E-state index is 14.9. The SMILES string of the molecule is COC(=O)C1(F)CC[C@H](N(Cc2ccccc2)Cc2ccccc2)C1. The molecule has 0 radical (unpaired) electrons. The summed E-state index contributed by atoms with van der Waals surface area (Å²) in [7, 11) is 1.25. The Bertz CT molecular complexity index is 650. The lowest BCUT2D eigenvalue weighted by Gasteiger charge is -2.29. The number of carbonyl (C=O) groups is 1. The van der Waals surface area contributed by atoms with Gasteiger partial charge >= 0.3 is 5.97 Å². The summed E-state index contributed by atoms with van der Waals surface area (Å²) in [5.74, 6) is -0.741. The molecule has 1 unspecified atom stereocenters. The van der Waals surface area contributed by atoms with Gasteiger partial charge in [-0.3, -0.25) is 4.90 Å². The zero-order chi connectivity index (χ0) is 17.7. The van der Waals surface area contributed by atoms with E-state index < -0.39 is 11.6 Å². The van der Waals surface area contributed by atoms with Crippen LogP contribution >= 0.6 is 0 Å². The van der Waals surface area contributed by atoms with Crippen LogP contribution in [0.3, 0.4) is 0 Å². The highest BCUT2D eigenvalue weighted by atomic mass is 19.1. The molecule has 0 aromatic heterocycles. The van der Waals surface area contributed by atoms with Crippen molar-refractivity contribution in [3.8, 4) is 0 Å². The molecule has 0 saturated heterocycles. The Hall–Kier alpha value is -2.20. The van der Waals surface area contributed by atoms with Gasteiger partial charge in [0.2, 0.25) is 5.67 Å². The topological polar surface area (TPSA) is 29.5 Å². The van der Waals surface area contributed by atoms with E-state index in [2.05, 4.69) is 33.9 Å². The van der Waals surface area contributed by atoms with Crippen molar-refractivity contribution in [3.63, 3.8) is 0 Å². The number of benzene rings is 2. The molecule has 132 valence electrons. The van der Waals surface area contributed by atoms with Crippen LogP contribution in [0.5, 0.6) is 0 Å². The number of hydrogen-bond donors (Lipinski definition) is 0. The molecule has 0 amide bonds. The third-order valence-corrected chi connectivity index (χ3v) is 4.96. The van der Waals surface area contributed by atoms with Crippen molar-refractivity contribution in [2.24, 2.45) is 0 Å². The molecule has 0 spiro atoms. The monoisotopic (exact) mass is 341 g/mol. The molecule has 25 heavy (non-hydrogen) atoms. The molecule has 2 aromatic rings. The number of hydrogen-bond acceptors (Lipinski definition) is 3. The molecule has 1 aliphatic carbocycles. The molecular weight excluding hydrogens is 317 g/mol. The number of alkyl halides is 1. The van der Waals surface area contributed by atoms with Crippen LogP contribution in [0.4, 0.5) is 4.39 Å². The summed E-state index contributed by atoms with van der Waals surface area (Å²) in [6.45, 7) is 1.47. The van der Waals surface area contributed by atoms with Crippen molar-refractivity contribution in [1.29, 1.82) is 0 Å². The lowest BCUT2D eigenvalue weighted by atomic mass is 10.0. The lowest BCUT2D eigenvalue weighted by molar-refractivity contribution is -0.154. The molecule has 1 saturated carbocycles. The standard InChI is InChI=1S/C21H24FNO2/c1-25-20(24)21(22)13-12-19(14-21)23(15-17-8-4-2-5-9-17)16-18-10-6-3-7-11-18/h2-11,19H,12-16H2,1H3/t19-,21?/m0/s1. The van der Waals surface area contributed by atoms with Crippen molar-refractivity contribution in [3.05, 3.63) is 71.8 Å². The van der Waals surface area contributed by atoms with Crippen molar-refractivity contribution >= 4 is 5.97 Å². The summed E-state index contributed by atoms with van der Waals surface area (Å²) in [5.41, 5.74) is 0.520. The van der Waals surface area contributed by atoms with Crippen LogP contribution in [0, 0.1) is 0 Å². The van der Waals surface area contributed by atoms with Crippen LogP contribution in [0.25, 0.3) is 0 Å². The number of rotatable bonds is 6.